The molecule has 1 aromatic rings. The number of pyridine rings is 1. The van der Waals surface area contributed by atoms with Crippen LogP contribution in [0.4, 0.5) is 5.69 Å². The molecule has 0 unspecified atom stereocenters. The van der Waals surface area contributed by atoms with Crippen molar-refractivity contribution in [2.75, 3.05) is 24.5 Å². The van der Waals surface area contributed by atoms with Gasteiger partial charge in [-0.3, -0.25) is 0 Å². The van der Waals surface area contributed by atoms with E-state index in [4.69, 9.17) is 23.2 Å². The number of hydrogen-bond acceptors (Lipinski definition) is 3. The fourth-order valence-electron chi connectivity index (χ4n) is 2.64. The summed E-state index contributed by atoms with van der Waals surface area (Å²) in [5.41, 5.74) is 1.07. The molecule has 17 heavy (non-hydrogen) atoms. The Hall–Kier alpha value is -0.220. The lowest BCUT2D eigenvalue weighted by atomic mass is 10.1. The maximum Gasteiger partial charge on any atom is 0.147 e. The second-order valence-electron chi connectivity index (χ2n) is 4.48. The lowest BCUT2D eigenvalue weighted by Gasteiger charge is -2.19. The number of anilines is 1. The summed E-state index contributed by atoms with van der Waals surface area (Å²) in [5, 5.41) is 4.43. The molecule has 2 aliphatic rings. The molecule has 2 aliphatic heterocycles. The standard InChI is InChI=1S/C11H13Cl2N3.ClH/c12-9-3-8(4-15-11(9)13)16-5-7-1-2-14-10(7)6-16;/h3-4,7,10,14H,1-2,5-6H2;1H/t7-,10+;/m1./s1. The van der Waals surface area contributed by atoms with Crippen LogP contribution < -0.4 is 10.2 Å². The second kappa shape index (κ2) is 5.19. The van der Waals surface area contributed by atoms with Crippen molar-refractivity contribution in [3.05, 3.63) is 22.4 Å². The van der Waals surface area contributed by atoms with Crippen LogP contribution in [-0.2, 0) is 0 Å². The molecular weight excluding hydrogens is 281 g/mol. The summed E-state index contributed by atoms with van der Waals surface area (Å²) in [6.45, 7) is 3.30. The topological polar surface area (TPSA) is 28.2 Å². The minimum Gasteiger partial charge on any atom is -0.368 e. The highest BCUT2D eigenvalue weighted by molar-refractivity contribution is 6.41. The molecule has 0 aliphatic carbocycles. The zero-order valence-corrected chi connectivity index (χ0v) is 11.5. The third-order valence-electron chi connectivity index (χ3n) is 3.51. The maximum absolute atomic E-state index is 5.98. The van der Waals surface area contributed by atoms with Gasteiger partial charge in [-0.15, -0.1) is 12.4 Å². The van der Waals surface area contributed by atoms with Gasteiger partial charge in [0.2, 0.25) is 0 Å². The molecule has 94 valence electrons. The molecule has 3 heterocycles. The number of fused-ring (bicyclic) bond motifs is 1. The van der Waals surface area contributed by atoms with Crippen molar-refractivity contribution in [2.45, 2.75) is 12.5 Å². The zero-order chi connectivity index (χ0) is 11.1. The van der Waals surface area contributed by atoms with E-state index in [1.165, 1.54) is 6.42 Å². The molecule has 3 rings (SSSR count). The predicted molar refractivity (Wildman–Crippen MR) is 73.6 cm³/mol. The van der Waals surface area contributed by atoms with Crippen LogP contribution in [0.1, 0.15) is 6.42 Å². The van der Waals surface area contributed by atoms with Crippen molar-refractivity contribution in [1.82, 2.24) is 10.3 Å². The number of nitrogens with zero attached hydrogens (tertiary/aromatic N) is 2. The smallest absolute Gasteiger partial charge is 0.147 e. The van der Waals surface area contributed by atoms with Gasteiger partial charge in [0.15, 0.2) is 0 Å². The molecule has 0 spiro atoms. The summed E-state index contributed by atoms with van der Waals surface area (Å²) < 4.78 is 0. The van der Waals surface area contributed by atoms with Crippen molar-refractivity contribution in [3.8, 4) is 0 Å². The van der Waals surface area contributed by atoms with Crippen LogP contribution in [0, 0.1) is 5.92 Å². The summed E-state index contributed by atoms with van der Waals surface area (Å²) in [6, 6.07) is 2.53. The van der Waals surface area contributed by atoms with E-state index >= 15 is 0 Å². The van der Waals surface area contributed by atoms with E-state index in [2.05, 4.69) is 15.2 Å². The average molecular weight is 295 g/mol. The fourth-order valence-corrected chi connectivity index (χ4v) is 2.91. The fraction of sp³-hybridized carbons (Fsp3) is 0.545. The maximum atomic E-state index is 5.98. The van der Waals surface area contributed by atoms with Gasteiger partial charge in [0.05, 0.1) is 16.9 Å². The highest BCUT2D eigenvalue weighted by Crippen LogP contribution is 2.31. The molecule has 1 N–H and O–H groups in total. The summed E-state index contributed by atoms with van der Waals surface area (Å²) in [4.78, 5) is 6.42. The first-order valence-electron chi connectivity index (χ1n) is 5.53. The SMILES string of the molecule is Cl.Clc1cc(N2C[C@H]3CCN[C@H]3C2)cnc1Cl. The molecular formula is C11H14Cl3N3. The van der Waals surface area contributed by atoms with Gasteiger partial charge in [-0.2, -0.15) is 0 Å². The molecule has 0 saturated carbocycles. The van der Waals surface area contributed by atoms with Gasteiger partial charge in [-0.1, -0.05) is 23.2 Å². The van der Waals surface area contributed by atoms with Crippen molar-refractivity contribution < 1.29 is 0 Å². The Kier molecular flexibility index (Phi) is 4.03. The van der Waals surface area contributed by atoms with Gasteiger partial charge in [0.1, 0.15) is 5.15 Å². The van der Waals surface area contributed by atoms with Crippen LogP contribution >= 0.6 is 35.6 Å². The first-order valence-corrected chi connectivity index (χ1v) is 6.29. The van der Waals surface area contributed by atoms with Crippen LogP contribution in [0.15, 0.2) is 12.3 Å². The highest BCUT2D eigenvalue weighted by atomic mass is 35.5. The van der Waals surface area contributed by atoms with Crippen molar-refractivity contribution in [3.63, 3.8) is 0 Å². The molecule has 0 radical (unpaired) electrons. The Bertz CT molecular complexity index is 401. The second-order valence-corrected chi connectivity index (χ2v) is 5.25. The number of hydrogen-bond donors (Lipinski definition) is 1. The molecule has 6 heteroatoms. The van der Waals surface area contributed by atoms with Gasteiger partial charge < -0.3 is 10.2 Å². The molecule has 1 aromatic heterocycles. The van der Waals surface area contributed by atoms with Crippen molar-refractivity contribution in [1.29, 1.82) is 0 Å². The monoisotopic (exact) mass is 293 g/mol. The van der Waals surface area contributed by atoms with Crippen LogP contribution in [-0.4, -0.2) is 30.7 Å². The van der Waals surface area contributed by atoms with Gasteiger partial charge in [-0.25, -0.2) is 4.98 Å². The van der Waals surface area contributed by atoms with Crippen LogP contribution in [0.25, 0.3) is 0 Å². The molecule has 2 saturated heterocycles. The number of nitrogens with one attached hydrogen (secondary N) is 1. The first-order chi connectivity index (χ1) is 7.74. The third kappa shape index (κ3) is 2.48. The summed E-state index contributed by atoms with van der Waals surface area (Å²) in [5.74, 6) is 0.773. The molecule has 2 fully saturated rings. The van der Waals surface area contributed by atoms with E-state index in [-0.39, 0.29) is 12.4 Å². The van der Waals surface area contributed by atoms with Gasteiger partial charge in [0.25, 0.3) is 0 Å². The average Bonchev–Trinajstić information content (AvgIpc) is 2.81. The largest absolute Gasteiger partial charge is 0.368 e. The lowest BCUT2D eigenvalue weighted by Crippen LogP contribution is -2.30. The van der Waals surface area contributed by atoms with Crippen LogP contribution in [0.5, 0.6) is 0 Å². The minimum absolute atomic E-state index is 0. The van der Waals surface area contributed by atoms with E-state index in [0.717, 1.165) is 31.2 Å². The number of rotatable bonds is 1. The normalized spacial score (nSPS) is 26.8. The Morgan fingerprint density at radius 3 is 2.88 bits per heavy atom. The summed E-state index contributed by atoms with van der Waals surface area (Å²) in [6.07, 6.45) is 3.07. The molecule has 3 nitrogen and oxygen atoms in total. The number of halogens is 3. The minimum atomic E-state index is 0. The quantitative estimate of drug-likeness (QED) is 0.807. The van der Waals surface area contributed by atoms with E-state index in [9.17, 15) is 0 Å². The van der Waals surface area contributed by atoms with Crippen LogP contribution in [0.2, 0.25) is 10.2 Å². The zero-order valence-electron chi connectivity index (χ0n) is 9.20. The molecule has 0 amide bonds. The van der Waals surface area contributed by atoms with E-state index < -0.39 is 0 Å². The summed E-state index contributed by atoms with van der Waals surface area (Å²) >= 11 is 11.8. The Morgan fingerprint density at radius 2 is 2.18 bits per heavy atom. The third-order valence-corrected chi connectivity index (χ3v) is 4.20. The summed E-state index contributed by atoms with van der Waals surface area (Å²) in [7, 11) is 0. The molecule has 0 bridgehead atoms. The molecule has 0 aromatic carbocycles. The Balaban J connectivity index is 0.00000108. The Morgan fingerprint density at radius 1 is 1.35 bits per heavy atom. The van der Waals surface area contributed by atoms with Gasteiger partial charge in [0, 0.05) is 19.1 Å². The van der Waals surface area contributed by atoms with E-state index in [0.29, 0.717) is 16.2 Å². The van der Waals surface area contributed by atoms with Gasteiger partial charge >= 0.3 is 0 Å². The van der Waals surface area contributed by atoms with Crippen LogP contribution in [0.3, 0.4) is 0 Å². The number of aromatic nitrogens is 1. The highest BCUT2D eigenvalue weighted by Gasteiger charge is 2.36. The van der Waals surface area contributed by atoms with E-state index in [1.54, 1.807) is 6.20 Å². The predicted octanol–water partition coefficient (Wildman–Crippen LogP) is 2.61. The molecule has 2 atom stereocenters. The lowest BCUT2D eigenvalue weighted by molar-refractivity contribution is 0.556. The van der Waals surface area contributed by atoms with Gasteiger partial charge in [-0.05, 0) is 24.9 Å². The Labute approximate surface area is 117 Å². The van der Waals surface area contributed by atoms with Crippen molar-refractivity contribution >= 4 is 41.3 Å². The van der Waals surface area contributed by atoms with Crippen molar-refractivity contribution in [2.24, 2.45) is 5.92 Å². The van der Waals surface area contributed by atoms with E-state index in [1.807, 2.05) is 6.07 Å². The first kappa shape index (κ1) is 13.2.